The lowest BCUT2D eigenvalue weighted by atomic mass is 10.1. The van der Waals surface area contributed by atoms with Crippen molar-refractivity contribution in [1.29, 1.82) is 0 Å². The Morgan fingerprint density at radius 1 is 0.939 bits per heavy atom. The van der Waals surface area contributed by atoms with Crippen LogP contribution in [0.5, 0.6) is 0 Å². The van der Waals surface area contributed by atoms with E-state index in [1.807, 2.05) is 48.9 Å². The van der Waals surface area contributed by atoms with Crippen LogP contribution >= 0.6 is 0 Å². The molecular formula is C25H26N4O3S. The van der Waals surface area contributed by atoms with Crippen LogP contribution in [0.1, 0.15) is 27.0 Å². The topological polar surface area (TPSA) is 93.1 Å². The summed E-state index contributed by atoms with van der Waals surface area (Å²) < 4.78 is 30.9. The first-order valence-electron chi connectivity index (χ1n) is 10.5. The minimum Gasteiger partial charge on any atom is -0.355 e. The summed E-state index contributed by atoms with van der Waals surface area (Å²) in [7, 11) is -0.258. The van der Waals surface area contributed by atoms with E-state index in [-0.39, 0.29) is 5.91 Å². The predicted octanol–water partition coefficient (Wildman–Crippen LogP) is 4.33. The summed E-state index contributed by atoms with van der Waals surface area (Å²) in [5.41, 5.74) is 5.85. The number of carbonyl (C=O) groups excluding carboxylic acids is 1. The van der Waals surface area contributed by atoms with Crippen LogP contribution in [-0.4, -0.2) is 30.9 Å². The molecule has 0 radical (unpaired) electrons. The number of fused-ring (bicyclic) bond motifs is 1. The van der Waals surface area contributed by atoms with Crippen molar-refractivity contribution in [2.75, 3.05) is 11.8 Å². The molecule has 4 aromatic rings. The van der Waals surface area contributed by atoms with Crippen molar-refractivity contribution in [1.82, 2.24) is 14.9 Å². The molecule has 7 nitrogen and oxygen atoms in total. The third-order valence-corrected chi connectivity index (χ3v) is 7.32. The number of aryl methyl sites for hydroxylation is 4. The minimum atomic E-state index is -3.75. The molecule has 0 bridgehead atoms. The second-order valence-electron chi connectivity index (χ2n) is 8.19. The fourth-order valence-electron chi connectivity index (χ4n) is 4.23. The summed E-state index contributed by atoms with van der Waals surface area (Å²) in [5, 5.41) is 2.60. The van der Waals surface area contributed by atoms with Crippen molar-refractivity contribution in [3.05, 3.63) is 76.9 Å². The number of amides is 1. The van der Waals surface area contributed by atoms with Crippen molar-refractivity contribution in [2.24, 2.45) is 7.05 Å². The number of imidazole rings is 1. The second-order valence-corrected chi connectivity index (χ2v) is 9.81. The number of nitrogens with zero attached hydrogens (tertiary/aromatic N) is 2. The Kier molecular flexibility index (Phi) is 5.71. The summed E-state index contributed by atoms with van der Waals surface area (Å²) in [6, 6.07) is 16.2. The van der Waals surface area contributed by atoms with E-state index in [0.717, 1.165) is 22.5 Å². The van der Waals surface area contributed by atoms with Gasteiger partial charge in [-0.2, -0.15) is 0 Å². The van der Waals surface area contributed by atoms with Gasteiger partial charge in [0.05, 0.1) is 21.6 Å². The fraction of sp³-hybridized carbons (Fsp3) is 0.200. The van der Waals surface area contributed by atoms with Crippen molar-refractivity contribution in [3.63, 3.8) is 0 Å². The van der Waals surface area contributed by atoms with Gasteiger partial charge in [-0.1, -0.05) is 29.8 Å². The zero-order valence-corrected chi connectivity index (χ0v) is 20.0. The van der Waals surface area contributed by atoms with Gasteiger partial charge < -0.3 is 9.88 Å². The monoisotopic (exact) mass is 462 g/mol. The molecule has 8 heteroatoms. The van der Waals surface area contributed by atoms with E-state index >= 15 is 0 Å². The zero-order valence-electron chi connectivity index (χ0n) is 19.2. The number of benzene rings is 3. The molecule has 0 aliphatic rings. The zero-order chi connectivity index (χ0) is 23.9. The van der Waals surface area contributed by atoms with Gasteiger partial charge in [-0.15, -0.1) is 0 Å². The number of nitrogens with one attached hydrogen (secondary N) is 2. The molecule has 0 aliphatic heterocycles. The first-order valence-corrected chi connectivity index (χ1v) is 12.0. The van der Waals surface area contributed by atoms with Crippen LogP contribution in [0.4, 0.5) is 5.69 Å². The minimum absolute atomic E-state index is 0.150. The normalized spacial score (nSPS) is 11.5. The molecule has 2 N–H and O–H groups in total. The highest BCUT2D eigenvalue weighted by molar-refractivity contribution is 7.92. The Morgan fingerprint density at radius 2 is 1.58 bits per heavy atom. The molecular weight excluding hydrogens is 436 g/mol. The molecule has 0 spiro atoms. The van der Waals surface area contributed by atoms with Crippen molar-refractivity contribution < 1.29 is 13.2 Å². The van der Waals surface area contributed by atoms with Crippen LogP contribution < -0.4 is 10.0 Å². The van der Waals surface area contributed by atoms with Crippen LogP contribution in [-0.2, 0) is 17.1 Å². The number of anilines is 1. The first-order chi connectivity index (χ1) is 15.6. The third kappa shape index (κ3) is 4.21. The number of hydrogen-bond acceptors (Lipinski definition) is 4. The average molecular weight is 463 g/mol. The number of aromatic nitrogens is 2. The number of rotatable bonds is 5. The number of hydrogen-bond donors (Lipinski definition) is 2. The van der Waals surface area contributed by atoms with Gasteiger partial charge in [0, 0.05) is 25.2 Å². The molecule has 4 rings (SSSR count). The maximum absolute atomic E-state index is 13.1. The van der Waals surface area contributed by atoms with Crippen molar-refractivity contribution >= 4 is 32.7 Å². The second kappa shape index (κ2) is 8.37. The summed E-state index contributed by atoms with van der Waals surface area (Å²) in [6.07, 6.45) is 0. The summed E-state index contributed by atoms with van der Waals surface area (Å²) >= 11 is 0. The van der Waals surface area contributed by atoms with Gasteiger partial charge in [0.15, 0.2) is 0 Å². The van der Waals surface area contributed by atoms with Gasteiger partial charge in [0.1, 0.15) is 5.82 Å². The molecule has 33 heavy (non-hydrogen) atoms. The van der Waals surface area contributed by atoms with Crippen LogP contribution in [0.15, 0.2) is 59.5 Å². The molecule has 0 saturated heterocycles. The Labute approximate surface area is 193 Å². The Bertz CT molecular complexity index is 1460. The smallest absolute Gasteiger partial charge is 0.262 e. The molecule has 1 heterocycles. The SMILES string of the molecule is CNC(=O)c1ccc(-c2nc3cc(NS(=O)(=O)c4c(C)cc(C)cc4C)ccc3n2C)cc1. The Hall–Kier alpha value is -3.65. The van der Waals surface area contributed by atoms with E-state index in [9.17, 15) is 13.2 Å². The van der Waals surface area contributed by atoms with Gasteiger partial charge >= 0.3 is 0 Å². The Balaban J connectivity index is 1.69. The van der Waals surface area contributed by atoms with Crippen molar-refractivity contribution in [3.8, 4) is 11.4 Å². The lowest BCUT2D eigenvalue weighted by Gasteiger charge is -2.14. The highest BCUT2D eigenvalue weighted by Gasteiger charge is 2.21. The maximum atomic E-state index is 13.1. The average Bonchev–Trinajstić information content (AvgIpc) is 3.07. The lowest BCUT2D eigenvalue weighted by Crippen LogP contribution is -2.17. The van der Waals surface area contributed by atoms with Gasteiger partial charge in [-0.05, 0) is 62.2 Å². The van der Waals surface area contributed by atoms with E-state index < -0.39 is 10.0 Å². The van der Waals surface area contributed by atoms with E-state index in [1.54, 1.807) is 45.2 Å². The molecule has 0 aliphatic carbocycles. The standard InChI is InChI=1S/C25H26N4O3S/c1-15-12-16(2)23(17(3)13-15)33(31,32)28-20-10-11-22-21(14-20)27-24(29(22)5)18-6-8-19(9-7-18)25(30)26-4/h6-14,28H,1-5H3,(H,26,30). The summed E-state index contributed by atoms with van der Waals surface area (Å²) in [4.78, 5) is 16.8. The molecule has 0 saturated carbocycles. The molecule has 0 unspecified atom stereocenters. The lowest BCUT2D eigenvalue weighted by molar-refractivity contribution is 0.0963. The molecule has 1 amide bonds. The summed E-state index contributed by atoms with van der Waals surface area (Å²) in [6.45, 7) is 5.55. The van der Waals surface area contributed by atoms with E-state index in [4.69, 9.17) is 4.98 Å². The van der Waals surface area contributed by atoms with Crippen LogP contribution in [0.2, 0.25) is 0 Å². The fourth-order valence-corrected chi connectivity index (χ4v) is 5.74. The highest BCUT2D eigenvalue weighted by atomic mass is 32.2. The number of carbonyl (C=O) groups is 1. The summed E-state index contributed by atoms with van der Waals surface area (Å²) in [5.74, 6) is 0.571. The van der Waals surface area contributed by atoms with Crippen LogP contribution in [0.25, 0.3) is 22.4 Å². The Morgan fingerprint density at radius 3 is 2.18 bits per heavy atom. The maximum Gasteiger partial charge on any atom is 0.262 e. The predicted molar refractivity (Wildman–Crippen MR) is 131 cm³/mol. The van der Waals surface area contributed by atoms with Crippen molar-refractivity contribution in [2.45, 2.75) is 25.7 Å². The molecule has 170 valence electrons. The van der Waals surface area contributed by atoms with Gasteiger partial charge in [-0.25, -0.2) is 13.4 Å². The molecule has 1 aromatic heterocycles. The van der Waals surface area contributed by atoms with Crippen LogP contribution in [0.3, 0.4) is 0 Å². The van der Waals surface area contributed by atoms with Gasteiger partial charge in [0.2, 0.25) is 0 Å². The van der Waals surface area contributed by atoms with E-state index in [0.29, 0.717) is 32.8 Å². The van der Waals surface area contributed by atoms with Gasteiger partial charge in [0.25, 0.3) is 15.9 Å². The van der Waals surface area contributed by atoms with E-state index in [1.165, 1.54) is 0 Å². The number of sulfonamides is 1. The highest BCUT2D eigenvalue weighted by Crippen LogP contribution is 2.28. The molecule has 3 aromatic carbocycles. The first kappa shape index (κ1) is 22.5. The van der Waals surface area contributed by atoms with E-state index in [2.05, 4.69) is 10.0 Å². The van der Waals surface area contributed by atoms with Gasteiger partial charge in [-0.3, -0.25) is 9.52 Å². The molecule has 0 atom stereocenters. The quantitative estimate of drug-likeness (QED) is 0.462. The third-order valence-electron chi connectivity index (χ3n) is 5.64. The van der Waals surface area contributed by atoms with Crippen LogP contribution in [0, 0.1) is 20.8 Å². The largest absolute Gasteiger partial charge is 0.355 e. The molecule has 0 fully saturated rings.